The molecule has 2 N–H and O–H groups in total. The SMILES string of the molecule is CN1Cc2ccccc2CC1C(N)=O. The van der Waals surface area contributed by atoms with E-state index in [1.165, 1.54) is 11.1 Å². The monoisotopic (exact) mass is 190 g/mol. The lowest BCUT2D eigenvalue weighted by Gasteiger charge is -2.31. The van der Waals surface area contributed by atoms with E-state index in [1.807, 2.05) is 24.1 Å². The molecule has 14 heavy (non-hydrogen) atoms. The van der Waals surface area contributed by atoms with Crippen LogP contribution in [-0.2, 0) is 17.8 Å². The zero-order chi connectivity index (χ0) is 10.1. The van der Waals surface area contributed by atoms with E-state index >= 15 is 0 Å². The number of carbonyl (C=O) groups excluding carboxylic acids is 1. The van der Waals surface area contributed by atoms with Crippen molar-refractivity contribution in [1.29, 1.82) is 0 Å². The number of amides is 1. The Hall–Kier alpha value is -1.35. The van der Waals surface area contributed by atoms with Crippen molar-refractivity contribution >= 4 is 5.91 Å². The van der Waals surface area contributed by atoms with Crippen LogP contribution >= 0.6 is 0 Å². The first-order chi connectivity index (χ1) is 6.68. The number of nitrogens with zero attached hydrogens (tertiary/aromatic N) is 1. The molecule has 0 spiro atoms. The second-order valence-electron chi connectivity index (χ2n) is 3.81. The number of likely N-dealkylation sites (N-methyl/N-ethyl adjacent to an activating group) is 1. The highest BCUT2D eigenvalue weighted by atomic mass is 16.1. The third kappa shape index (κ3) is 1.51. The van der Waals surface area contributed by atoms with E-state index in [1.54, 1.807) is 0 Å². The molecule has 1 unspecified atom stereocenters. The van der Waals surface area contributed by atoms with E-state index in [0.29, 0.717) is 0 Å². The van der Waals surface area contributed by atoms with Gasteiger partial charge in [-0.2, -0.15) is 0 Å². The van der Waals surface area contributed by atoms with Crippen molar-refractivity contribution in [2.75, 3.05) is 7.05 Å². The van der Waals surface area contributed by atoms with Crippen LogP contribution in [0, 0.1) is 0 Å². The van der Waals surface area contributed by atoms with Crippen LogP contribution in [0.5, 0.6) is 0 Å². The van der Waals surface area contributed by atoms with Crippen LogP contribution in [0.2, 0.25) is 0 Å². The van der Waals surface area contributed by atoms with Gasteiger partial charge in [0.1, 0.15) is 0 Å². The lowest BCUT2D eigenvalue weighted by molar-refractivity contribution is -0.123. The number of carbonyl (C=O) groups is 1. The van der Waals surface area contributed by atoms with Crippen molar-refractivity contribution in [3.05, 3.63) is 35.4 Å². The molecule has 74 valence electrons. The normalized spacial score (nSPS) is 21.6. The summed E-state index contributed by atoms with van der Waals surface area (Å²) >= 11 is 0. The molecule has 1 amide bonds. The van der Waals surface area contributed by atoms with Crippen LogP contribution in [0.3, 0.4) is 0 Å². The van der Waals surface area contributed by atoms with Crippen molar-refractivity contribution in [2.45, 2.75) is 19.0 Å². The number of nitrogens with two attached hydrogens (primary N) is 1. The van der Waals surface area contributed by atoms with E-state index in [2.05, 4.69) is 12.1 Å². The second-order valence-corrected chi connectivity index (χ2v) is 3.81. The van der Waals surface area contributed by atoms with Gasteiger partial charge in [0.15, 0.2) is 0 Å². The Morgan fingerprint density at radius 1 is 1.43 bits per heavy atom. The Labute approximate surface area is 83.5 Å². The van der Waals surface area contributed by atoms with Gasteiger partial charge in [-0.05, 0) is 24.6 Å². The van der Waals surface area contributed by atoms with Gasteiger partial charge in [-0.15, -0.1) is 0 Å². The summed E-state index contributed by atoms with van der Waals surface area (Å²) in [7, 11) is 1.94. The maximum atomic E-state index is 11.2. The zero-order valence-electron chi connectivity index (χ0n) is 8.23. The first-order valence-corrected chi connectivity index (χ1v) is 4.75. The number of hydrogen-bond donors (Lipinski definition) is 1. The van der Waals surface area contributed by atoms with E-state index in [9.17, 15) is 4.79 Å². The summed E-state index contributed by atoms with van der Waals surface area (Å²) < 4.78 is 0. The lowest BCUT2D eigenvalue weighted by atomic mass is 9.94. The molecular formula is C11H14N2O. The van der Waals surface area contributed by atoms with Crippen molar-refractivity contribution in [1.82, 2.24) is 4.90 Å². The van der Waals surface area contributed by atoms with E-state index in [0.717, 1.165) is 13.0 Å². The lowest BCUT2D eigenvalue weighted by Crippen LogP contribution is -2.46. The summed E-state index contributed by atoms with van der Waals surface area (Å²) in [6.07, 6.45) is 0.738. The number of primary amides is 1. The van der Waals surface area contributed by atoms with Gasteiger partial charge in [0.2, 0.25) is 5.91 Å². The smallest absolute Gasteiger partial charge is 0.235 e. The van der Waals surface area contributed by atoms with Gasteiger partial charge in [-0.25, -0.2) is 0 Å². The maximum absolute atomic E-state index is 11.2. The number of hydrogen-bond acceptors (Lipinski definition) is 2. The fourth-order valence-corrected chi connectivity index (χ4v) is 1.97. The maximum Gasteiger partial charge on any atom is 0.235 e. The molecule has 1 aliphatic heterocycles. The molecule has 0 fully saturated rings. The van der Waals surface area contributed by atoms with E-state index in [-0.39, 0.29) is 11.9 Å². The summed E-state index contributed by atoms with van der Waals surface area (Å²) in [5.74, 6) is -0.234. The van der Waals surface area contributed by atoms with E-state index in [4.69, 9.17) is 5.73 Å². The average molecular weight is 190 g/mol. The Morgan fingerprint density at radius 2 is 2.07 bits per heavy atom. The van der Waals surface area contributed by atoms with Crippen molar-refractivity contribution in [2.24, 2.45) is 5.73 Å². The predicted octanol–water partition coefficient (Wildman–Crippen LogP) is 0.528. The minimum Gasteiger partial charge on any atom is -0.368 e. The Kier molecular flexibility index (Phi) is 2.25. The van der Waals surface area contributed by atoms with Gasteiger partial charge < -0.3 is 5.73 Å². The molecule has 2 rings (SSSR count). The predicted molar refractivity (Wildman–Crippen MR) is 54.6 cm³/mol. The quantitative estimate of drug-likeness (QED) is 0.702. The van der Waals surface area contributed by atoms with Crippen molar-refractivity contribution in [3.8, 4) is 0 Å². The Bertz CT molecular complexity index is 362. The molecule has 1 heterocycles. The van der Waals surface area contributed by atoms with Crippen LogP contribution in [0.4, 0.5) is 0 Å². The van der Waals surface area contributed by atoms with Gasteiger partial charge in [0.25, 0.3) is 0 Å². The number of fused-ring (bicyclic) bond motifs is 1. The number of rotatable bonds is 1. The summed E-state index contributed by atoms with van der Waals surface area (Å²) in [5.41, 5.74) is 7.88. The molecule has 1 aromatic rings. The average Bonchev–Trinajstić information content (AvgIpc) is 2.16. The largest absolute Gasteiger partial charge is 0.368 e. The van der Waals surface area contributed by atoms with Crippen LogP contribution < -0.4 is 5.73 Å². The first-order valence-electron chi connectivity index (χ1n) is 4.75. The summed E-state index contributed by atoms with van der Waals surface area (Å²) in [4.78, 5) is 13.2. The first kappa shape index (κ1) is 9.21. The van der Waals surface area contributed by atoms with Crippen molar-refractivity contribution in [3.63, 3.8) is 0 Å². The third-order valence-corrected chi connectivity index (χ3v) is 2.81. The Balaban J connectivity index is 2.31. The zero-order valence-corrected chi connectivity index (χ0v) is 8.23. The van der Waals surface area contributed by atoms with Crippen LogP contribution in [0.25, 0.3) is 0 Å². The van der Waals surface area contributed by atoms with Gasteiger partial charge in [0, 0.05) is 6.54 Å². The number of benzene rings is 1. The molecule has 0 aliphatic carbocycles. The molecule has 3 nitrogen and oxygen atoms in total. The molecule has 1 aliphatic rings. The Morgan fingerprint density at radius 3 is 2.71 bits per heavy atom. The summed E-state index contributed by atoms with van der Waals surface area (Å²) in [6, 6.07) is 8.05. The van der Waals surface area contributed by atoms with Crippen LogP contribution in [0.1, 0.15) is 11.1 Å². The molecule has 0 saturated carbocycles. The molecule has 0 bridgehead atoms. The van der Waals surface area contributed by atoms with Gasteiger partial charge >= 0.3 is 0 Å². The topological polar surface area (TPSA) is 46.3 Å². The second kappa shape index (κ2) is 3.42. The van der Waals surface area contributed by atoms with Gasteiger partial charge in [0.05, 0.1) is 6.04 Å². The standard InChI is InChI=1S/C11H14N2O/c1-13-7-9-5-3-2-4-8(9)6-10(13)11(12)14/h2-5,10H,6-7H2,1H3,(H2,12,14). The molecule has 0 radical (unpaired) electrons. The molecule has 1 aromatic carbocycles. The summed E-state index contributed by atoms with van der Waals surface area (Å²) in [6.45, 7) is 0.809. The van der Waals surface area contributed by atoms with E-state index < -0.39 is 0 Å². The van der Waals surface area contributed by atoms with Crippen LogP contribution in [0.15, 0.2) is 24.3 Å². The fraction of sp³-hybridized carbons (Fsp3) is 0.364. The molecule has 0 aromatic heterocycles. The molecule has 1 atom stereocenters. The molecule has 0 saturated heterocycles. The fourth-order valence-electron chi connectivity index (χ4n) is 1.97. The van der Waals surface area contributed by atoms with Crippen LogP contribution in [-0.4, -0.2) is 23.9 Å². The minimum absolute atomic E-state index is 0.148. The minimum atomic E-state index is -0.234. The molecular weight excluding hydrogens is 176 g/mol. The highest BCUT2D eigenvalue weighted by molar-refractivity contribution is 5.80. The van der Waals surface area contributed by atoms with Gasteiger partial charge in [-0.3, -0.25) is 9.69 Å². The highest BCUT2D eigenvalue weighted by Crippen LogP contribution is 2.21. The highest BCUT2D eigenvalue weighted by Gasteiger charge is 2.26. The van der Waals surface area contributed by atoms with Gasteiger partial charge in [-0.1, -0.05) is 24.3 Å². The third-order valence-electron chi connectivity index (χ3n) is 2.81. The molecule has 3 heteroatoms. The summed E-state index contributed by atoms with van der Waals surface area (Å²) in [5, 5.41) is 0. The van der Waals surface area contributed by atoms with Crippen molar-refractivity contribution < 1.29 is 4.79 Å².